The number of imide groups is 2. The highest BCUT2D eigenvalue weighted by Gasteiger charge is 2.37. The van der Waals surface area contributed by atoms with E-state index in [0.29, 0.717) is 45.8 Å². The van der Waals surface area contributed by atoms with Gasteiger partial charge in [0, 0.05) is 5.02 Å². The predicted molar refractivity (Wildman–Crippen MR) is 166 cm³/mol. The van der Waals surface area contributed by atoms with Crippen molar-refractivity contribution in [1.29, 1.82) is 0 Å². The van der Waals surface area contributed by atoms with Gasteiger partial charge in [-0.05, 0) is 71.7 Å². The van der Waals surface area contributed by atoms with E-state index in [0.717, 1.165) is 16.0 Å². The number of rotatable bonds is 10. The fourth-order valence-corrected chi connectivity index (χ4v) is 4.76. The van der Waals surface area contributed by atoms with Crippen molar-refractivity contribution in [3.05, 3.63) is 118 Å². The number of benzene rings is 4. The number of anilines is 1. The molecule has 9 nitrogen and oxygen atoms in total. The molecule has 10 heteroatoms. The maximum absolute atomic E-state index is 13.3. The maximum Gasteiger partial charge on any atom is 0.335 e. The van der Waals surface area contributed by atoms with Crippen molar-refractivity contribution in [2.24, 2.45) is 0 Å². The Morgan fingerprint density at radius 1 is 0.750 bits per heavy atom. The molecule has 4 amide bonds. The Balaban J connectivity index is 1.31. The lowest BCUT2D eigenvalue weighted by atomic mass is 10.1. The van der Waals surface area contributed by atoms with E-state index in [1.807, 2.05) is 48.5 Å². The molecule has 1 fully saturated rings. The lowest BCUT2D eigenvalue weighted by Crippen LogP contribution is -2.54. The molecule has 0 radical (unpaired) electrons. The fourth-order valence-electron chi connectivity index (χ4n) is 4.59. The second-order valence-corrected chi connectivity index (χ2v) is 10.2. The zero-order chi connectivity index (χ0) is 31.2. The first kappa shape index (κ1) is 30.2. The first-order chi connectivity index (χ1) is 21.3. The van der Waals surface area contributed by atoms with Gasteiger partial charge in [0.1, 0.15) is 18.8 Å². The van der Waals surface area contributed by atoms with Gasteiger partial charge in [-0.15, -0.1) is 0 Å². The van der Waals surface area contributed by atoms with Crippen molar-refractivity contribution in [2.75, 3.05) is 19.1 Å². The minimum absolute atomic E-state index is 0.211. The van der Waals surface area contributed by atoms with Crippen molar-refractivity contribution in [2.45, 2.75) is 20.1 Å². The summed E-state index contributed by atoms with van der Waals surface area (Å²) >= 11 is 6.20. The number of halogens is 1. The highest BCUT2D eigenvalue weighted by molar-refractivity contribution is 6.40. The molecule has 1 aliphatic heterocycles. The third kappa shape index (κ3) is 6.53. The molecule has 1 heterocycles. The third-order valence-electron chi connectivity index (χ3n) is 6.94. The molecular weight excluding hydrogens is 584 g/mol. The lowest BCUT2D eigenvalue weighted by molar-refractivity contribution is -0.122. The molecule has 0 saturated carbocycles. The number of methoxy groups -OCH3 is 2. The second kappa shape index (κ2) is 13.4. The monoisotopic (exact) mass is 612 g/mol. The second-order valence-electron chi connectivity index (χ2n) is 9.80. The van der Waals surface area contributed by atoms with Crippen LogP contribution in [0, 0.1) is 6.92 Å². The number of carbonyl (C=O) groups is 3. The normalized spacial score (nSPS) is 14.0. The Kier molecular flexibility index (Phi) is 9.16. The van der Waals surface area contributed by atoms with Gasteiger partial charge < -0.3 is 18.9 Å². The van der Waals surface area contributed by atoms with Crippen LogP contribution in [-0.2, 0) is 22.8 Å². The van der Waals surface area contributed by atoms with Gasteiger partial charge in [-0.3, -0.25) is 14.9 Å². The average Bonchev–Trinajstić information content (AvgIpc) is 3.03. The smallest absolute Gasteiger partial charge is 0.335 e. The number of nitrogens with zero attached hydrogens (tertiary/aromatic N) is 1. The minimum atomic E-state index is -0.851. The summed E-state index contributed by atoms with van der Waals surface area (Å²) < 4.78 is 23.0. The SMILES string of the molecule is COc1cc(/C=C2/C(=O)NC(=O)N(c3cccc(Cl)c3C)C2=O)ccc1OCc1ccc(OCc2ccccc2)c(OC)c1. The van der Waals surface area contributed by atoms with Crippen LogP contribution in [0.5, 0.6) is 23.0 Å². The van der Waals surface area contributed by atoms with Crippen LogP contribution < -0.4 is 29.2 Å². The number of carbonyl (C=O) groups excluding carboxylic acids is 3. The standard InChI is InChI=1S/C34H29ClN2O7/c1-21-26(35)10-7-11-27(21)37-33(39)25(32(38)36-34(37)40)16-23-12-14-28(30(17-23)41-2)44-20-24-13-15-29(31(18-24)42-3)43-19-22-8-5-4-6-9-22/h4-18H,19-20H2,1-3H3,(H,36,38,40)/b25-16-. The van der Waals surface area contributed by atoms with Gasteiger partial charge in [0.2, 0.25) is 0 Å². The van der Waals surface area contributed by atoms with Crippen LogP contribution in [0.25, 0.3) is 6.08 Å². The summed E-state index contributed by atoms with van der Waals surface area (Å²) in [5.41, 5.74) is 2.97. The van der Waals surface area contributed by atoms with Gasteiger partial charge in [0.25, 0.3) is 11.8 Å². The highest BCUT2D eigenvalue weighted by Crippen LogP contribution is 2.33. The van der Waals surface area contributed by atoms with Gasteiger partial charge in [0.15, 0.2) is 23.0 Å². The molecule has 0 bridgehead atoms. The molecule has 224 valence electrons. The Bertz CT molecular complexity index is 1750. The van der Waals surface area contributed by atoms with Crippen LogP contribution >= 0.6 is 11.6 Å². The summed E-state index contributed by atoms with van der Waals surface area (Å²) in [6.07, 6.45) is 1.39. The highest BCUT2D eigenvalue weighted by atomic mass is 35.5. The lowest BCUT2D eigenvalue weighted by Gasteiger charge is -2.27. The first-order valence-electron chi connectivity index (χ1n) is 13.6. The summed E-state index contributed by atoms with van der Waals surface area (Å²) in [7, 11) is 3.07. The number of hydrogen-bond acceptors (Lipinski definition) is 7. The topological polar surface area (TPSA) is 103 Å². The number of amides is 4. The van der Waals surface area contributed by atoms with Crippen LogP contribution in [0.1, 0.15) is 22.3 Å². The van der Waals surface area contributed by atoms with Crippen molar-refractivity contribution < 1.29 is 33.3 Å². The number of hydrogen-bond donors (Lipinski definition) is 1. The Morgan fingerprint density at radius 3 is 2.11 bits per heavy atom. The zero-order valence-corrected chi connectivity index (χ0v) is 25.0. The van der Waals surface area contributed by atoms with E-state index in [-0.39, 0.29) is 17.9 Å². The van der Waals surface area contributed by atoms with Crippen molar-refractivity contribution in [3.63, 3.8) is 0 Å². The molecule has 44 heavy (non-hydrogen) atoms. The van der Waals surface area contributed by atoms with Gasteiger partial charge >= 0.3 is 6.03 Å². The van der Waals surface area contributed by atoms with Crippen molar-refractivity contribution >= 4 is 41.2 Å². The largest absolute Gasteiger partial charge is 0.493 e. The number of ether oxygens (including phenoxy) is 4. The molecule has 0 unspecified atom stereocenters. The number of urea groups is 1. The quantitative estimate of drug-likeness (QED) is 0.161. The van der Waals surface area contributed by atoms with Crippen LogP contribution in [0.2, 0.25) is 5.02 Å². The maximum atomic E-state index is 13.3. The number of barbiturate groups is 1. The molecule has 1 N–H and O–H groups in total. The van der Waals surface area contributed by atoms with Gasteiger partial charge in [-0.1, -0.05) is 60.1 Å². The Hall–Kier alpha value is -5.28. The van der Waals surface area contributed by atoms with E-state index in [4.69, 9.17) is 30.5 Å². The molecule has 4 aromatic carbocycles. The molecule has 0 aromatic heterocycles. The third-order valence-corrected chi connectivity index (χ3v) is 7.35. The molecule has 0 atom stereocenters. The van der Waals surface area contributed by atoms with Gasteiger partial charge in [-0.25, -0.2) is 9.69 Å². The van der Waals surface area contributed by atoms with E-state index < -0.39 is 17.8 Å². The summed E-state index contributed by atoms with van der Waals surface area (Å²) in [5.74, 6) is 0.447. The fraction of sp³-hybridized carbons (Fsp3) is 0.147. The minimum Gasteiger partial charge on any atom is -0.493 e. The summed E-state index contributed by atoms with van der Waals surface area (Å²) in [4.78, 5) is 39.5. The summed E-state index contributed by atoms with van der Waals surface area (Å²) in [6, 6.07) is 24.4. The van der Waals surface area contributed by atoms with E-state index in [9.17, 15) is 14.4 Å². The summed E-state index contributed by atoms with van der Waals surface area (Å²) in [5, 5.41) is 2.61. The summed E-state index contributed by atoms with van der Waals surface area (Å²) in [6.45, 7) is 2.31. The van der Waals surface area contributed by atoms with Crippen molar-refractivity contribution in [3.8, 4) is 23.0 Å². The van der Waals surface area contributed by atoms with E-state index >= 15 is 0 Å². The Morgan fingerprint density at radius 2 is 1.41 bits per heavy atom. The molecule has 1 aliphatic rings. The first-order valence-corrected chi connectivity index (χ1v) is 14.0. The van der Waals surface area contributed by atoms with E-state index in [2.05, 4.69) is 5.32 Å². The molecule has 0 spiro atoms. The molecule has 1 saturated heterocycles. The van der Waals surface area contributed by atoms with Gasteiger partial charge in [0.05, 0.1) is 19.9 Å². The molecule has 5 rings (SSSR count). The van der Waals surface area contributed by atoms with Crippen LogP contribution in [0.4, 0.5) is 10.5 Å². The molecule has 0 aliphatic carbocycles. The van der Waals surface area contributed by atoms with E-state index in [1.54, 1.807) is 50.4 Å². The van der Waals surface area contributed by atoms with Gasteiger partial charge in [-0.2, -0.15) is 0 Å². The predicted octanol–water partition coefficient (Wildman–Crippen LogP) is 6.49. The van der Waals surface area contributed by atoms with Crippen LogP contribution in [0.3, 0.4) is 0 Å². The average molecular weight is 613 g/mol. The van der Waals surface area contributed by atoms with Crippen molar-refractivity contribution in [1.82, 2.24) is 5.32 Å². The zero-order valence-electron chi connectivity index (χ0n) is 24.3. The van der Waals surface area contributed by atoms with E-state index in [1.165, 1.54) is 13.2 Å². The Labute approximate surface area is 259 Å². The number of nitrogens with one attached hydrogen (secondary N) is 1. The molecule has 4 aromatic rings. The molecular formula is C34H29ClN2O7. The van der Waals surface area contributed by atoms with Crippen LogP contribution in [-0.4, -0.2) is 32.1 Å². The van der Waals surface area contributed by atoms with Crippen LogP contribution in [0.15, 0.2) is 90.5 Å².